The molecule has 2 saturated heterocycles. The first-order valence-electron chi connectivity index (χ1n) is 17.2. The molecule has 2 fully saturated rings. The van der Waals surface area contributed by atoms with Gasteiger partial charge in [-0.2, -0.15) is 5.26 Å². The van der Waals surface area contributed by atoms with Crippen LogP contribution >= 0.6 is 0 Å². The Kier molecular flexibility index (Phi) is 8.31. The van der Waals surface area contributed by atoms with E-state index in [1.807, 2.05) is 25.5 Å². The highest BCUT2D eigenvalue weighted by Crippen LogP contribution is 2.38. The van der Waals surface area contributed by atoms with E-state index in [4.69, 9.17) is 15.0 Å². The maximum absolute atomic E-state index is 10.0. The maximum Gasteiger partial charge on any atom is 0.157 e. The maximum atomic E-state index is 10.0. The Balaban J connectivity index is 1.07. The van der Waals surface area contributed by atoms with Crippen LogP contribution in [0.3, 0.4) is 0 Å². The number of rotatable bonds is 9. The monoisotopic (exact) mass is 632 g/mol. The van der Waals surface area contributed by atoms with Gasteiger partial charge in [0.05, 0.1) is 34.4 Å². The molecule has 5 heterocycles. The van der Waals surface area contributed by atoms with E-state index in [-0.39, 0.29) is 0 Å². The molecule has 8 heteroatoms. The van der Waals surface area contributed by atoms with E-state index in [1.54, 1.807) is 0 Å². The molecule has 0 bridgehead atoms. The van der Waals surface area contributed by atoms with Crippen LogP contribution in [0.25, 0.3) is 22.0 Å². The summed E-state index contributed by atoms with van der Waals surface area (Å²) in [6, 6.07) is 25.8. The van der Waals surface area contributed by atoms with Gasteiger partial charge in [-0.05, 0) is 111 Å². The molecule has 0 saturated carbocycles. The third kappa shape index (κ3) is 6.03. The number of nitrogens with zero attached hydrogens (tertiary/aromatic N) is 6. The molecule has 240 valence electrons. The van der Waals surface area contributed by atoms with Gasteiger partial charge in [0.1, 0.15) is 5.52 Å². The van der Waals surface area contributed by atoms with Gasteiger partial charge in [0, 0.05) is 55.5 Å². The second-order valence-electron chi connectivity index (χ2n) is 13.2. The zero-order valence-electron chi connectivity index (χ0n) is 27.5. The SMILES string of the molecule is CNc1c(Nc2nccc3cc(CN4CCCC4)cnc23)cccc1-c1cccc(C2=Nc3cc(CN4CCCC4)cc(C#N)c3C2)c1. The van der Waals surface area contributed by atoms with Crippen molar-refractivity contribution in [3.8, 4) is 17.2 Å². The van der Waals surface area contributed by atoms with Gasteiger partial charge in [-0.3, -0.25) is 19.8 Å². The highest BCUT2D eigenvalue weighted by atomic mass is 15.1. The van der Waals surface area contributed by atoms with Gasteiger partial charge in [-0.15, -0.1) is 0 Å². The van der Waals surface area contributed by atoms with E-state index >= 15 is 0 Å². The minimum absolute atomic E-state index is 0.658. The molecule has 5 aromatic rings. The Bertz CT molecular complexity index is 2060. The number of nitrogens with one attached hydrogen (secondary N) is 2. The zero-order valence-corrected chi connectivity index (χ0v) is 27.5. The van der Waals surface area contributed by atoms with Crippen molar-refractivity contribution in [2.24, 2.45) is 4.99 Å². The molecule has 3 aromatic carbocycles. The number of para-hydroxylation sites is 1. The third-order valence-corrected chi connectivity index (χ3v) is 9.95. The highest BCUT2D eigenvalue weighted by Gasteiger charge is 2.23. The number of likely N-dealkylation sites (tertiary alicyclic amines) is 2. The van der Waals surface area contributed by atoms with Crippen molar-refractivity contribution in [2.45, 2.75) is 45.2 Å². The molecule has 48 heavy (non-hydrogen) atoms. The number of benzene rings is 3. The third-order valence-electron chi connectivity index (χ3n) is 9.95. The van der Waals surface area contributed by atoms with Crippen LogP contribution in [0.2, 0.25) is 0 Å². The lowest BCUT2D eigenvalue weighted by molar-refractivity contribution is 0.331. The van der Waals surface area contributed by atoms with E-state index in [0.717, 1.165) is 107 Å². The first-order valence-corrected chi connectivity index (χ1v) is 17.2. The number of anilines is 3. The number of hydrogen-bond acceptors (Lipinski definition) is 8. The molecule has 2 aromatic heterocycles. The van der Waals surface area contributed by atoms with Gasteiger partial charge in [-0.1, -0.05) is 30.3 Å². The Labute approximate surface area is 282 Å². The quantitative estimate of drug-likeness (QED) is 0.171. The average Bonchev–Trinajstić information content (AvgIpc) is 3.91. The van der Waals surface area contributed by atoms with Gasteiger partial charge in [0.25, 0.3) is 0 Å². The predicted octanol–water partition coefficient (Wildman–Crippen LogP) is 7.82. The highest BCUT2D eigenvalue weighted by molar-refractivity contribution is 6.08. The Hall–Kier alpha value is -5.10. The number of hydrogen-bond donors (Lipinski definition) is 2. The molecule has 8 nitrogen and oxygen atoms in total. The largest absolute Gasteiger partial charge is 0.386 e. The lowest BCUT2D eigenvalue weighted by Crippen LogP contribution is -2.18. The molecule has 2 N–H and O–H groups in total. The Morgan fingerprint density at radius 1 is 0.812 bits per heavy atom. The van der Waals surface area contributed by atoms with E-state index < -0.39 is 0 Å². The van der Waals surface area contributed by atoms with E-state index in [9.17, 15) is 5.26 Å². The molecule has 0 aliphatic carbocycles. The van der Waals surface area contributed by atoms with Gasteiger partial charge >= 0.3 is 0 Å². The van der Waals surface area contributed by atoms with Crippen LogP contribution in [0.15, 0.2) is 84.1 Å². The van der Waals surface area contributed by atoms with E-state index in [0.29, 0.717) is 6.42 Å². The van der Waals surface area contributed by atoms with Crippen LogP contribution in [-0.2, 0) is 19.5 Å². The lowest BCUT2D eigenvalue weighted by atomic mass is 9.95. The molecular formula is C40H40N8. The minimum Gasteiger partial charge on any atom is -0.386 e. The van der Waals surface area contributed by atoms with Crippen LogP contribution in [0.4, 0.5) is 22.9 Å². The Morgan fingerprint density at radius 2 is 1.56 bits per heavy atom. The molecule has 3 aliphatic rings. The predicted molar refractivity (Wildman–Crippen MR) is 194 cm³/mol. The van der Waals surface area contributed by atoms with Crippen molar-refractivity contribution >= 4 is 39.5 Å². The van der Waals surface area contributed by atoms with Gasteiger partial charge in [0.15, 0.2) is 5.82 Å². The second-order valence-corrected chi connectivity index (χ2v) is 13.2. The first kappa shape index (κ1) is 30.2. The summed E-state index contributed by atoms with van der Waals surface area (Å²) in [7, 11) is 1.95. The van der Waals surface area contributed by atoms with Crippen molar-refractivity contribution < 1.29 is 0 Å². The number of fused-ring (bicyclic) bond motifs is 2. The topological polar surface area (TPSA) is 92.5 Å². The summed E-state index contributed by atoms with van der Waals surface area (Å²) in [5.74, 6) is 0.734. The van der Waals surface area contributed by atoms with Gasteiger partial charge < -0.3 is 10.6 Å². The summed E-state index contributed by atoms with van der Waals surface area (Å²) in [6.07, 6.45) is 9.56. The summed E-state index contributed by atoms with van der Waals surface area (Å²) < 4.78 is 0. The molecule has 3 aliphatic heterocycles. The number of aromatic nitrogens is 2. The molecule has 0 atom stereocenters. The fourth-order valence-corrected chi connectivity index (χ4v) is 7.55. The smallest absolute Gasteiger partial charge is 0.157 e. The summed E-state index contributed by atoms with van der Waals surface area (Å²) in [6.45, 7) is 6.40. The van der Waals surface area contributed by atoms with Gasteiger partial charge in [0.2, 0.25) is 0 Å². The standard InChI is InChI=1S/C40H40N8/c1-42-39-33(10-7-11-35(39)46-40-38-31(12-13-43-40)19-28(24-44-38)26-48-16-4-5-17-48)29-8-6-9-30(21-29)36-22-34-32(23-41)18-27(20-37(34)45-36)25-47-14-2-3-15-47/h6-13,18-21,24,42H,2-5,14-17,22,25-26H2,1H3,(H,43,46). The molecule has 0 radical (unpaired) electrons. The molecule has 0 amide bonds. The van der Waals surface area contributed by atoms with Crippen molar-refractivity contribution in [3.63, 3.8) is 0 Å². The molecule has 8 rings (SSSR count). The van der Waals surface area contributed by atoms with E-state index in [2.05, 4.69) is 87.2 Å². The van der Waals surface area contributed by atoms with E-state index in [1.165, 1.54) is 36.8 Å². The fourth-order valence-electron chi connectivity index (χ4n) is 7.55. The summed E-state index contributed by atoms with van der Waals surface area (Å²) >= 11 is 0. The molecular weight excluding hydrogens is 592 g/mol. The number of aliphatic imine (C=N–C) groups is 1. The van der Waals surface area contributed by atoms with Crippen molar-refractivity contribution in [2.75, 3.05) is 43.9 Å². The summed E-state index contributed by atoms with van der Waals surface area (Å²) in [4.78, 5) is 19.6. The molecule has 0 unspecified atom stereocenters. The van der Waals surface area contributed by atoms with Crippen molar-refractivity contribution in [1.29, 1.82) is 5.26 Å². The van der Waals surface area contributed by atoms with Crippen LogP contribution in [0.5, 0.6) is 0 Å². The fraction of sp³-hybridized carbons (Fsp3) is 0.300. The first-order chi connectivity index (χ1) is 23.6. The van der Waals surface area contributed by atoms with Crippen LogP contribution in [0.1, 0.15) is 53.5 Å². The van der Waals surface area contributed by atoms with Crippen LogP contribution in [-0.4, -0.2) is 58.7 Å². The number of nitriles is 1. The summed E-state index contributed by atoms with van der Waals surface area (Å²) in [5.41, 5.74) is 12.1. The zero-order chi connectivity index (χ0) is 32.5. The van der Waals surface area contributed by atoms with Crippen LogP contribution in [0, 0.1) is 11.3 Å². The average molecular weight is 633 g/mol. The number of pyridine rings is 2. The lowest BCUT2D eigenvalue weighted by Gasteiger charge is -2.18. The van der Waals surface area contributed by atoms with Crippen molar-refractivity contribution in [3.05, 3.63) is 107 Å². The summed E-state index contributed by atoms with van der Waals surface area (Å²) in [5, 5.41) is 18.1. The van der Waals surface area contributed by atoms with Crippen LogP contribution < -0.4 is 10.6 Å². The minimum atomic E-state index is 0.658. The van der Waals surface area contributed by atoms with Crippen molar-refractivity contribution in [1.82, 2.24) is 19.8 Å². The molecule has 0 spiro atoms. The Morgan fingerprint density at radius 3 is 2.33 bits per heavy atom. The van der Waals surface area contributed by atoms with Gasteiger partial charge in [-0.25, -0.2) is 4.98 Å². The second kappa shape index (κ2) is 13.2. The normalized spacial score (nSPS) is 16.2.